The third-order valence-electron chi connectivity index (χ3n) is 6.39. The van der Waals surface area contributed by atoms with Gasteiger partial charge in [-0.1, -0.05) is 51.3 Å². The summed E-state index contributed by atoms with van der Waals surface area (Å²) in [5, 5.41) is 0.886. The molecular formula is C28H31NO4. The largest absolute Gasteiger partial charge is 0.493 e. The van der Waals surface area contributed by atoms with Crippen LogP contribution < -0.4 is 9.47 Å². The van der Waals surface area contributed by atoms with Gasteiger partial charge in [-0.15, -0.1) is 0 Å². The molecule has 0 saturated carbocycles. The summed E-state index contributed by atoms with van der Waals surface area (Å²) < 4.78 is 11.8. The molecule has 2 aromatic carbocycles. The van der Waals surface area contributed by atoms with Crippen molar-refractivity contribution in [1.29, 1.82) is 0 Å². The van der Waals surface area contributed by atoms with E-state index in [0.717, 1.165) is 24.0 Å². The van der Waals surface area contributed by atoms with Crippen LogP contribution in [-0.4, -0.2) is 29.8 Å². The molecule has 0 radical (unpaired) electrons. The molecule has 0 saturated heterocycles. The summed E-state index contributed by atoms with van der Waals surface area (Å²) >= 11 is 0. The lowest BCUT2D eigenvalue weighted by Gasteiger charge is -2.17. The first-order valence-electron chi connectivity index (χ1n) is 12.0. The lowest BCUT2D eigenvalue weighted by Crippen LogP contribution is -2.15. The van der Waals surface area contributed by atoms with Gasteiger partial charge in [0.15, 0.2) is 11.6 Å². The highest BCUT2D eigenvalue weighted by atomic mass is 16.5. The summed E-state index contributed by atoms with van der Waals surface area (Å²) in [5.41, 5.74) is 1.95. The second-order valence-electron chi connectivity index (χ2n) is 8.56. The number of aromatic nitrogens is 1. The van der Waals surface area contributed by atoms with Crippen LogP contribution in [0, 0.1) is 5.92 Å². The number of hydrogen-bond acceptors (Lipinski definition) is 5. The van der Waals surface area contributed by atoms with E-state index in [9.17, 15) is 9.59 Å². The van der Waals surface area contributed by atoms with Crippen molar-refractivity contribution < 1.29 is 19.1 Å². The van der Waals surface area contributed by atoms with Gasteiger partial charge in [0.1, 0.15) is 17.4 Å². The Balaban J connectivity index is 1.61. The molecule has 0 bridgehead atoms. The topological polar surface area (TPSA) is 65.5 Å². The zero-order chi connectivity index (χ0) is 23.4. The van der Waals surface area contributed by atoms with E-state index in [-0.39, 0.29) is 11.6 Å². The second kappa shape index (κ2) is 10.2. The van der Waals surface area contributed by atoms with Gasteiger partial charge >= 0.3 is 0 Å². The zero-order valence-electron chi connectivity index (χ0n) is 19.6. The minimum Gasteiger partial charge on any atom is -0.493 e. The summed E-state index contributed by atoms with van der Waals surface area (Å²) in [5.74, 6) is 0.360. The third-order valence-corrected chi connectivity index (χ3v) is 6.39. The van der Waals surface area contributed by atoms with E-state index in [1.54, 1.807) is 24.3 Å². The standard InChI is InChI=1S/C28H31NO4/c1-4-7-10-18(5-2)17-33-23-13-9-12-21-19(23)15-16-22(29-21)26-27(30)20-11-8-14-24(32-6-3)25(20)28(26)31/h8-9,11-16,18,26H,4-7,10,17H2,1-3H3. The number of rotatable bonds is 10. The molecule has 4 rings (SSSR count). The molecule has 2 atom stereocenters. The van der Waals surface area contributed by atoms with E-state index >= 15 is 0 Å². The fourth-order valence-corrected chi connectivity index (χ4v) is 4.49. The van der Waals surface area contributed by atoms with Crippen LogP contribution in [0.3, 0.4) is 0 Å². The van der Waals surface area contributed by atoms with Crippen molar-refractivity contribution in [2.24, 2.45) is 5.92 Å². The quantitative estimate of drug-likeness (QED) is 0.338. The van der Waals surface area contributed by atoms with Crippen molar-refractivity contribution in [3.05, 3.63) is 65.4 Å². The number of pyridine rings is 1. The molecule has 3 aromatic rings. The normalized spacial score (nSPS) is 16.2. The molecule has 5 heteroatoms. The Morgan fingerprint density at radius 3 is 2.45 bits per heavy atom. The molecule has 1 heterocycles. The second-order valence-corrected chi connectivity index (χ2v) is 8.56. The number of nitrogens with zero attached hydrogens (tertiary/aromatic N) is 1. The molecule has 172 valence electrons. The van der Waals surface area contributed by atoms with Gasteiger partial charge in [0.2, 0.25) is 0 Å². The predicted molar refractivity (Wildman–Crippen MR) is 130 cm³/mol. The van der Waals surface area contributed by atoms with Crippen LogP contribution in [0.25, 0.3) is 10.9 Å². The Bertz CT molecular complexity index is 1170. The van der Waals surface area contributed by atoms with Crippen molar-refractivity contribution in [2.45, 2.75) is 52.4 Å². The minimum absolute atomic E-state index is 0.225. The minimum atomic E-state index is -0.936. The average molecular weight is 446 g/mol. The molecule has 0 spiro atoms. The van der Waals surface area contributed by atoms with Crippen LogP contribution in [-0.2, 0) is 0 Å². The number of Topliss-reactive ketones (excluding diaryl/α,β-unsaturated/α-hetero) is 2. The molecule has 0 N–H and O–H groups in total. The van der Waals surface area contributed by atoms with E-state index in [0.29, 0.717) is 47.2 Å². The Morgan fingerprint density at radius 2 is 1.70 bits per heavy atom. The summed E-state index contributed by atoms with van der Waals surface area (Å²) in [6, 6.07) is 14.6. The van der Waals surface area contributed by atoms with Crippen LogP contribution >= 0.6 is 0 Å². The number of carbonyl (C=O) groups excluding carboxylic acids is 2. The number of ketones is 2. The van der Waals surface area contributed by atoms with Crippen LogP contribution in [0.4, 0.5) is 0 Å². The monoisotopic (exact) mass is 445 g/mol. The van der Waals surface area contributed by atoms with Crippen molar-refractivity contribution in [1.82, 2.24) is 4.98 Å². The number of benzene rings is 2. The summed E-state index contributed by atoms with van der Waals surface area (Å²) in [6.45, 7) is 7.36. The average Bonchev–Trinajstić information content (AvgIpc) is 3.09. The SMILES string of the molecule is CCCCC(CC)COc1cccc2nc(C3C(=O)c4cccc(OCC)c4C3=O)ccc12. The summed E-state index contributed by atoms with van der Waals surface area (Å²) in [4.78, 5) is 31.1. The van der Waals surface area contributed by atoms with Crippen LogP contribution in [0.5, 0.6) is 11.5 Å². The van der Waals surface area contributed by atoms with Crippen LogP contribution in [0.1, 0.15) is 78.8 Å². The third kappa shape index (κ3) is 4.50. The smallest absolute Gasteiger partial charge is 0.184 e. The number of hydrogen-bond donors (Lipinski definition) is 0. The first kappa shape index (κ1) is 23.0. The molecule has 33 heavy (non-hydrogen) atoms. The van der Waals surface area contributed by atoms with Gasteiger partial charge in [0, 0.05) is 10.9 Å². The van der Waals surface area contributed by atoms with Gasteiger partial charge in [-0.05, 0) is 49.6 Å². The van der Waals surface area contributed by atoms with Gasteiger partial charge in [0.25, 0.3) is 0 Å². The van der Waals surface area contributed by atoms with Crippen LogP contribution in [0.15, 0.2) is 48.5 Å². The van der Waals surface area contributed by atoms with Crippen molar-refractivity contribution in [3.8, 4) is 11.5 Å². The first-order valence-corrected chi connectivity index (χ1v) is 12.0. The highest BCUT2D eigenvalue weighted by molar-refractivity contribution is 6.30. The van der Waals surface area contributed by atoms with E-state index in [2.05, 4.69) is 13.8 Å². The molecule has 1 aromatic heterocycles. The molecule has 0 amide bonds. The number of fused-ring (bicyclic) bond motifs is 2. The van der Waals surface area contributed by atoms with Crippen molar-refractivity contribution in [3.63, 3.8) is 0 Å². The van der Waals surface area contributed by atoms with Crippen LogP contribution in [0.2, 0.25) is 0 Å². The predicted octanol–water partition coefficient (Wildman–Crippen LogP) is 6.39. The number of ether oxygens (including phenoxy) is 2. The molecule has 1 aliphatic carbocycles. The van der Waals surface area contributed by atoms with Crippen molar-refractivity contribution in [2.75, 3.05) is 13.2 Å². The van der Waals surface area contributed by atoms with E-state index in [1.807, 2.05) is 31.2 Å². The fourth-order valence-electron chi connectivity index (χ4n) is 4.49. The Morgan fingerprint density at radius 1 is 0.909 bits per heavy atom. The maximum atomic E-state index is 13.2. The zero-order valence-corrected chi connectivity index (χ0v) is 19.6. The van der Waals surface area contributed by atoms with Gasteiger partial charge < -0.3 is 9.47 Å². The molecule has 0 fully saturated rings. The van der Waals surface area contributed by atoms with E-state index < -0.39 is 5.92 Å². The van der Waals surface area contributed by atoms with Gasteiger partial charge in [0.05, 0.1) is 30.0 Å². The maximum Gasteiger partial charge on any atom is 0.184 e. The van der Waals surface area contributed by atoms with Gasteiger partial charge in [-0.2, -0.15) is 0 Å². The fraction of sp³-hybridized carbons (Fsp3) is 0.393. The highest BCUT2D eigenvalue weighted by Crippen LogP contribution is 2.39. The van der Waals surface area contributed by atoms with Crippen molar-refractivity contribution >= 4 is 22.5 Å². The number of carbonyl (C=O) groups is 2. The van der Waals surface area contributed by atoms with E-state index in [1.165, 1.54) is 12.8 Å². The summed E-state index contributed by atoms with van der Waals surface area (Å²) in [6.07, 6.45) is 4.64. The Kier molecular flexibility index (Phi) is 7.07. The molecule has 1 aliphatic rings. The summed E-state index contributed by atoms with van der Waals surface area (Å²) in [7, 11) is 0. The van der Waals surface area contributed by atoms with Gasteiger partial charge in [-0.25, -0.2) is 0 Å². The Labute approximate surface area is 195 Å². The lowest BCUT2D eigenvalue weighted by atomic mass is 9.98. The molecule has 0 aliphatic heterocycles. The van der Waals surface area contributed by atoms with E-state index in [4.69, 9.17) is 14.5 Å². The van der Waals surface area contributed by atoms with Gasteiger partial charge in [-0.3, -0.25) is 14.6 Å². The maximum absolute atomic E-state index is 13.2. The first-order chi connectivity index (χ1) is 16.1. The molecule has 2 unspecified atom stereocenters. The molecule has 5 nitrogen and oxygen atoms in total. The lowest BCUT2D eigenvalue weighted by molar-refractivity contribution is 0.0887. The highest BCUT2D eigenvalue weighted by Gasteiger charge is 2.42. The number of unbranched alkanes of at least 4 members (excludes halogenated alkanes) is 1. The molecular weight excluding hydrogens is 414 g/mol. The Hall–Kier alpha value is -3.21.